The maximum Gasteiger partial charge on any atom is 0.0992 e. The van der Waals surface area contributed by atoms with E-state index in [1.54, 1.807) is 23.5 Å². The van der Waals surface area contributed by atoms with Gasteiger partial charge in [-0.3, -0.25) is 0 Å². The van der Waals surface area contributed by atoms with Crippen LogP contribution in [0.15, 0.2) is 35.0 Å². The summed E-state index contributed by atoms with van der Waals surface area (Å²) in [5.74, 6) is 0. The minimum Gasteiger partial charge on any atom is -0.397 e. The summed E-state index contributed by atoms with van der Waals surface area (Å²) in [5.41, 5.74) is 8.80. The van der Waals surface area contributed by atoms with Gasteiger partial charge in [0.25, 0.3) is 0 Å². The lowest BCUT2D eigenvalue weighted by Gasteiger charge is -2.07. The van der Waals surface area contributed by atoms with Crippen molar-refractivity contribution >= 4 is 28.4 Å². The van der Waals surface area contributed by atoms with Crippen molar-refractivity contribution in [1.29, 1.82) is 5.26 Å². The zero-order valence-corrected chi connectivity index (χ0v) is 8.71. The van der Waals surface area contributed by atoms with E-state index in [1.807, 2.05) is 29.0 Å². The Labute approximate surface area is 91.8 Å². The molecule has 4 heteroatoms. The van der Waals surface area contributed by atoms with E-state index in [9.17, 15) is 0 Å². The molecule has 0 atom stereocenters. The topological polar surface area (TPSA) is 61.8 Å². The van der Waals surface area contributed by atoms with Crippen LogP contribution in [0.2, 0.25) is 0 Å². The number of hydrogen-bond donors (Lipinski definition) is 2. The molecule has 0 amide bonds. The zero-order chi connectivity index (χ0) is 10.7. The number of anilines is 3. The third-order valence-corrected chi connectivity index (χ3v) is 2.66. The molecule has 0 unspecified atom stereocenters. The molecular weight excluding hydrogens is 206 g/mol. The van der Waals surface area contributed by atoms with E-state index < -0.39 is 0 Å². The molecule has 3 nitrogen and oxygen atoms in total. The van der Waals surface area contributed by atoms with Crippen molar-refractivity contribution in [1.82, 2.24) is 0 Å². The Kier molecular flexibility index (Phi) is 2.57. The van der Waals surface area contributed by atoms with Gasteiger partial charge in [0.15, 0.2) is 0 Å². The van der Waals surface area contributed by atoms with Crippen LogP contribution in [0.3, 0.4) is 0 Å². The van der Waals surface area contributed by atoms with Crippen LogP contribution in [0.4, 0.5) is 17.1 Å². The van der Waals surface area contributed by atoms with E-state index in [4.69, 9.17) is 11.0 Å². The summed E-state index contributed by atoms with van der Waals surface area (Å²) in [6, 6.07) is 9.24. The fraction of sp³-hybridized carbons (Fsp3) is 0. The maximum absolute atomic E-state index is 8.69. The highest BCUT2D eigenvalue weighted by Gasteiger charge is 2.01. The van der Waals surface area contributed by atoms with Gasteiger partial charge in [-0.05, 0) is 29.6 Å². The number of nitriles is 1. The average molecular weight is 215 g/mol. The molecule has 74 valence electrons. The molecule has 2 rings (SSSR count). The Morgan fingerprint density at radius 1 is 1.33 bits per heavy atom. The van der Waals surface area contributed by atoms with Gasteiger partial charge in [0.05, 0.1) is 23.0 Å². The van der Waals surface area contributed by atoms with Crippen molar-refractivity contribution in [2.45, 2.75) is 0 Å². The number of nitrogens with two attached hydrogens (primary N) is 1. The van der Waals surface area contributed by atoms with E-state index in [2.05, 4.69) is 5.32 Å². The summed E-state index contributed by atoms with van der Waals surface area (Å²) in [4.78, 5) is 0. The first-order valence-corrected chi connectivity index (χ1v) is 5.33. The monoisotopic (exact) mass is 215 g/mol. The first-order valence-electron chi connectivity index (χ1n) is 4.38. The van der Waals surface area contributed by atoms with Gasteiger partial charge in [-0.1, -0.05) is 0 Å². The van der Waals surface area contributed by atoms with Crippen molar-refractivity contribution in [3.8, 4) is 6.07 Å². The van der Waals surface area contributed by atoms with Gasteiger partial charge < -0.3 is 11.1 Å². The molecule has 0 aliphatic rings. The molecule has 0 bridgehead atoms. The quantitative estimate of drug-likeness (QED) is 0.757. The van der Waals surface area contributed by atoms with Crippen LogP contribution in [0.1, 0.15) is 5.56 Å². The lowest BCUT2D eigenvalue weighted by Crippen LogP contribution is -1.95. The number of hydrogen-bond acceptors (Lipinski definition) is 4. The molecule has 1 aromatic heterocycles. The lowest BCUT2D eigenvalue weighted by atomic mass is 10.2. The molecule has 0 spiro atoms. The molecule has 1 aromatic carbocycles. The number of benzene rings is 1. The second-order valence-electron chi connectivity index (χ2n) is 3.05. The fourth-order valence-electron chi connectivity index (χ4n) is 1.24. The molecule has 15 heavy (non-hydrogen) atoms. The minimum atomic E-state index is 0.573. The predicted octanol–water partition coefficient (Wildman–Crippen LogP) is 2.95. The Hall–Kier alpha value is -1.99. The van der Waals surface area contributed by atoms with Gasteiger partial charge in [-0.15, -0.1) is 0 Å². The van der Waals surface area contributed by atoms with E-state index in [1.165, 1.54) is 0 Å². The molecule has 0 fully saturated rings. The molecule has 2 aromatic rings. The standard InChI is InChI=1S/C11H9N3S/c12-6-8-1-2-11(10(13)5-8)14-9-3-4-15-7-9/h1-5,7,14H,13H2. The molecular formula is C11H9N3S. The lowest BCUT2D eigenvalue weighted by molar-refractivity contribution is 1.48. The van der Waals surface area contributed by atoms with Crippen LogP contribution in [-0.2, 0) is 0 Å². The van der Waals surface area contributed by atoms with Crippen molar-refractivity contribution in [2.24, 2.45) is 0 Å². The fourth-order valence-corrected chi connectivity index (χ4v) is 1.83. The number of nitrogens with one attached hydrogen (secondary N) is 1. The van der Waals surface area contributed by atoms with Crippen molar-refractivity contribution < 1.29 is 0 Å². The first kappa shape index (κ1) is 9.56. The number of rotatable bonds is 2. The summed E-state index contributed by atoms with van der Waals surface area (Å²) in [7, 11) is 0. The second-order valence-corrected chi connectivity index (χ2v) is 3.83. The number of nitrogen functional groups attached to an aromatic ring is 1. The highest BCUT2D eigenvalue weighted by atomic mass is 32.1. The molecule has 0 saturated carbocycles. The van der Waals surface area contributed by atoms with E-state index in [0.717, 1.165) is 11.4 Å². The summed E-state index contributed by atoms with van der Waals surface area (Å²) in [5, 5.41) is 15.9. The second kappa shape index (κ2) is 4.03. The Morgan fingerprint density at radius 2 is 2.20 bits per heavy atom. The first-order chi connectivity index (χ1) is 7.29. The predicted molar refractivity (Wildman–Crippen MR) is 63.2 cm³/mol. The Bertz CT molecular complexity index is 497. The van der Waals surface area contributed by atoms with Crippen molar-refractivity contribution in [2.75, 3.05) is 11.1 Å². The molecule has 3 N–H and O–H groups in total. The van der Waals surface area contributed by atoms with Crippen LogP contribution < -0.4 is 11.1 Å². The molecule has 0 radical (unpaired) electrons. The third kappa shape index (κ3) is 2.09. The van der Waals surface area contributed by atoms with Gasteiger partial charge in [0.1, 0.15) is 0 Å². The summed E-state index contributed by atoms with van der Waals surface area (Å²) >= 11 is 1.62. The van der Waals surface area contributed by atoms with Gasteiger partial charge in [0.2, 0.25) is 0 Å². The summed E-state index contributed by atoms with van der Waals surface area (Å²) in [6.07, 6.45) is 0. The van der Waals surface area contributed by atoms with Gasteiger partial charge in [-0.25, -0.2) is 0 Å². The Morgan fingerprint density at radius 3 is 2.80 bits per heavy atom. The molecule has 0 aliphatic carbocycles. The van der Waals surface area contributed by atoms with Crippen LogP contribution in [0, 0.1) is 11.3 Å². The molecule has 0 aliphatic heterocycles. The van der Waals surface area contributed by atoms with Gasteiger partial charge in [-0.2, -0.15) is 16.6 Å². The van der Waals surface area contributed by atoms with Crippen molar-refractivity contribution in [3.05, 3.63) is 40.6 Å². The maximum atomic E-state index is 8.69. The van der Waals surface area contributed by atoms with Crippen LogP contribution >= 0.6 is 11.3 Å². The van der Waals surface area contributed by atoms with Crippen LogP contribution in [0.5, 0.6) is 0 Å². The van der Waals surface area contributed by atoms with Crippen LogP contribution in [0.25, 0.3) is 0 Å². The highest BCUT2D eigenvalue weighted by Crippen LogP contribution is 2.25. The largest absolute Gasteiger partial charge is 0.397 e. The smallest absolute Gasteiger partial charge is 0.0992 e. The normalized spacial score (nSPS) is 9.53. The highest BCUT2D eigenvalue weighted by molar-refractivity contribution is 7.08. The third-order valence-electron chi connectivity index (χ3n) is 1.98. The average Bonchev–Trinajstić information content (AvgIpc) is 2.74. The van der Waals surface area contributed by atoms with E-state index >= 15 is 0 Å². The zero-order valence-electron chi connectivity index (χ0n) is 7.90. The van der Waals surface area contributed by atoms with Crippen molar-refractivity contribution in [3.63, 3.8) is 0 Å². The number of thiophene rings is 1. The SMILES string of the molecule is N#Cc1ccc(Nc2ccsc2)c(N)c1. The van der Waals surface area contributed by atoms with Gasteiger partial charge in [0, 0.05) is 11.1 Å². The van der Waals surface area contributed by atoms with E-state index in [0.29, 0.717) is 11.3 Å². The van der Waals surface area contributed by atoms with E-state index in [-0.39, 0.29) is 0 Å². The van der Waals surface area contributed by atoms with Gasteiger partial charge >= 0.3 is 0 Å². The number of nitrogens with zero attached hydrogens (tertiary/aromatic N) is 1. The van der Waals surface area contributed by atoms with Crippen LogP contribution in [-0.4, -0.2) is 0 Å². The molecule has 0 saturated heterocycles. The minimum absolute atomic E-state index is 0.573. The Balaban J connectivity index is 2.27. The summed E-state index contributed by atoms with van der Waals surface area (Å²) in [6.45, 7) is 0. The molecule has 1 heterocycles. The summed E-state index contributed by atoms with van der Waals surface area (Å²) < 4.78 is 0.